The summed E-state index contributed by atoms with van der Waals surface area (Å²) in [6, 6.07) is 3.69. The second kappa shape index (κ2) is 6.87. The molecular weight excluding hydrogens is 361 g/mol. The molecule has 5 nitrogen and oxygen atoms in total. The third kappa shape index (κ3) is 4.84. The van der Waals surface area contributed by atoms with Crippen LogP contribution in [0, 0.1) is 5.41 Å². The molecule has 2 heterocycles. The molecule has 0 unspecified atom stereocenters. The number of hydrogen-bond donors (Lipinski definition) is 0. The molecule has 1 amide bonds. The third-order valence-electron chi connectivity index (χ3n) is 5.10. The minimum atomic E-state index is -4.48. The highest BCUT2D eigenvalue weighted by Gasteiger charge is 2.48. The lowest BCUT2D eigenvalue weighted by Gasteiger charge is -2.51. The average molecular weight is 386 g/mol. The molecule has 150 valence electrons. The molecule has 1 aromatic heterocycles. The fraction of sp³-hybridized carbons (Fsp3) is 0.684. The van der Waals surface area contributed by atoms with Gasteiger partial charge in [-0.2, -0.15) is 13.2 Å². The van der Waals surface area contributed by atoms with E-state index in [1.165, 1.54) is 12.1 Å². The summed E-state index contributed by atoms with van der Waals surface area (Å²) in [7, 11) is 0. The van der Waals surface area contributed by atoms with Crippen molar-refractivity contribution in [3.63, 3.8) is 0 Å². The molecule has 0 bridgehead atoms. The van der Waals surface area contributed by atoms with E-state index in [2.05, 4.69) is 4.98 Å². The minimum absolute atomic E-state index is 0.0101. The summed E-state index contributed by atoms with van der Waals surface area (Å²) in [4.78, 5) is 17.4. The van der Waals surface area contributed by atoms with Crippen molar-refractivity contribution in [3.8, 4) is 5.88 Å². The van der Waals surface area contributed by atoms with Gasteiger partial charge in [0.2, 0.25) is 5.88 Å². The van der Waals surface area contributed by atoms with E-state index in [0.717, 1.165) is 31.7 Å². The lowest BCUT2D eigenvalue weighted by atomic mass is 9.61. The number of aromatic nitrogens is 1. The van der Waals surface area contributed by atoms with Gasteiger partial charge in [0.15, 0.2) is 0 Å². The van der Waals surface area contributed by atoms with Gasteiger partial charge in [-0.25, -0.2) is 9.78 Å². The first kappa shape index (κ1) is 19.8. The highest BCUT2D eigenvalue weighted by molar-refractivity contribution is 5.68. The molecule has 27 heavy (non-hydrogen) atoms. The predicted octanol–water partition coefficient (Wildman–Crippen LogP) is 4.66. The van der Waals surface area contributed by atoms with E-state index in [-0.39, 0.29) is 23.5 Å². The number of rotatable bonds is 2. The van der Waals surface area contributed by atoms with Gasteiger partial charge in [0.1, 0.15) is 17.4 Å². The summed E-state index contributed by atoms with van der Waals surface area (Å²) in [5.41, 5.74) is -1.36. The van der Waals surface area contributed by atoms with Crippen molar-refractivity contribution in [3.05, 3.63) is 23.9 Å². The molecular formula is C19H25F3N2O3. The summed E-state index contributed by atoms with van der Waals surface area (Å²) in [5, 5.41) is 0. The van der Waals surface area contributed by atoms with Crippen LogP contribution in [-0.4, -0.2) is 40.8 Å². The van der Waals surface area contributed by atoms with Crippen molar-refractivity contribution in [2.75, 3.05) is 13.1 Å². The molecule has 2 aliphatic rings. The maximum absolute atomic E-state index is 12.7. The summed E-state index contributed by atoms with van der Waals surface area (Å²) >= 11 is 0. The van der Waals surface area contributed by atoms with Crippen molar-refractivity contribution < 1.29 is 27.4 Å². The van der Waals surface area contributed by atoms with Crippen LogP contribution >= 0.6 is 0 Å². The minimum Gasteiger partial charge on any atom is -0.474 e. The van der Waals surface area contributed by atoms with Crippen LogP contribution < -0.4 is 4.74 Å². The van der Waals surface area contributed by atoms with Crippen LogP contribution in [0.3, 0.4) is 0 Å². The van der Waals surface area contributed by atoms with Crippen LogP contribution in [0.2, 0.25) is 0 Å². The number of carbonyl (C=O) groups is 1. The number of pyridine rings is 1. The Labute approximate surface area is 156 Å². The molecule has 1 saturated heterocycles. The Morgan fingerprint density at radius 3 is 2.37 bits per heavy atom. The second-order valence-corrected chi connectivity index (χ2v) is 8.47. The zero-order chi connectivity index (χ0) is 19.9. The van der Waals surface area contributed by atoms with Gasteiger partial charge in [0.25, 0.3) is 0 Å². The monoisotopic (exact) mass is 386 g/mol. The average Bonchev–Trinajstić information content (AvgIpc) is 2.52. The zero-order valence-corrected chi connectivity index (χ0v) is 15.8. The van der Waals surface area contributed by atoms with Crippen molar-refractivity contribution in [1.29, 1.82) is 0 Å². The van der Waals surface area contributed by atoms with Crippen molar-refractivity contribution >= 4 is 6.09 Å². The molecule has 8 heteroatoms. The Bertz CT molecular complexity index is 684. The molecule has 0 N–H and O–H groups in total. The number of halogens is 3. The van der Waals surface area contributed by atoms with Crippen molar-refractivity contribution in [2.45, 2.75) is 64.3 Å². The van der Waals surface area contributed by atoms with E-state index in [1.807, 2.05) is 20.8 Å². The SMILES string of the molecule is CC(C)(C)OC(=O)N1CCC2(CC1)CC(Oc1cccc(C(F)(F)F)n1)C2. The highest BCUT2D eigenvalue weighted by Crippen LogP contribution is 2.50. The van der Waals surface area contributed by atoms with Gasteiger partial charge < -0.3 is 14.4 Å². The topological polar surface area (TPSA) is 51.7 Å². The molecule has 2 fully saturated rings. The van der Waals surface area contributed by atoms with Gasteiger partial charge in [-0.15, -0.1) is 0 Å². The number of hydrogen-bond acceptors (Lipinski definition) is 4. The maximum Gasteiger partial charge on any atom is 0.433 e. The molecule has 1 saturated carbocycles. The summed E-state index contributed by atoms with van der Waals surface area (Å²) in [6.45, 7) is 6.77. The molecule has 0 atom stereocenters. The molecule has 0 radical (unpaired) electrons. The highest BCUT2D eigenvalue weighted by atomic mass is 19.4. The Kier molecular flexibility index (Phi) is 5.03. The molecule has 1 aromatic rings. The molecule has 1 aliphatic carbocycles. The Hall–Kier alpha value is -1.99. The number of amides is 1. The quantitative estimate of drug-likeness (QED) is 0.742. The summed E-state index contributed by atoms with van der Waals surface area (Å²) in [6.07, 6.45) is -1.66. The largest absolute Gasteiger partial charge is 0.474 e. The maximum atomic E-state index is 12.7. The second-order valence-electron chi connectivity index (χ2n) is 8.47. The molecule has 3 rings (SSSR count). The van der Waals surface area contributed by atoms with E-state index < -0.39 is 17.5 Å². The first-order chi connectivity index (χ1) is 12.5. The van der Waals surface area contributed by atoms with Crippen LogP contribution in [0.1, 0.15) is 52.1 Å². The fourth-order valence-electron chi connectivity index (χ4n) is 3.70. The normalized spacial score (nSPS) is 20.3. The van der Waals surface area contributed by atoms with Gasteiger partial charge in [-0.1, -0.05) is 6.07 Å². The number of carbonyl (C=O) groups excluding carboxylic acids is 1. The smallest absolute Gasteiger partial charge is 0.433 e. The number of ether oxygens (including phenoxy) is 2. The van der Waals surface area contributed by atoms with Crippen molar-refractivity contribution in [1.82, 2.24) is 9.88 Å². The van der Waals surface area contributed by atoms with E-state index in [0.29, 0.717) is 13.1 Å². The van der Waals surface area contributed by atoms with Crippen LogP contribution in [0.15, 0.2) is 18.2 Å². The van der Waals surface area contributed by atoms with E-state index in [1.54, 1.807) is 4.90 Å². The van der Waals surface area contributed by atoms with E-state index in [9.17, 15) is 18.0 Å². The molecule has 1 spiro atoms. The molecule has 1 aliphatic heterocycles. The predicted molar refractivity (Wildman–Crippen MR) is 92.4 cm³/mol. The Balaban J connectivity index is 1.48. The van der Waals surface area contributed by atoms with Crippen molar-refractivity contribution in [2.24, 2.45) is 5.41 Å². The van der Waals surface area contributed by atoms with Gasteiger partial charge >= 0.3 is 12.3 Å². The number of nitrogens with zero attached hydrogens (tertiary/aromatic N) is 2. The van der Waals surface area contributed by atoms with Gasteiger partial charge in [0, 0.05) is 19.2 Å². The number of likely N-dealkylation sites (tertiary alicyclic amines) is 1. The Morgan fingerprint density at radius 2 is 1.81 bits per heavy atom. The van der Waals surface area contributed by atoms with E-state index >= 15 is 0 Å². The van der Waals surface area contributed by atoms with Crippen LogP contribution in [0.4, 0.5) is 18.0 Å². The van der Waals surface area contributed by atoms with Gasteiger partial charge in [-0.3, -0.25) is 0 Å². The lowest BCUT2D eigenvalue weighted by Crippen LogP contribution is -2.52. The van der Waals surface area contributed by atoms with Gasteiger partial charge in [-0.05, 0) is 57.9 Å². The lowest BCUT2D eigenvalue weighted by molar-refractivity contribution is -0.141. The first-order valence-corrected chi connectivity index (χ1v) is 9.15. The first-order valence-electron chi connectivity index (χ1n) is 9.15. The fourth-order valence-corrected chi connectivity index (χ4v) is 3.70. The van der Waals surface area contributed by atoms with Crippen LogP contribution in [0.25, 0.3) is 0 Å². The van der Waals surface area contributed by atoms with Crippen LogP contribution in [-0.2, 0) is 10.9 Å². The van der Waals surface area contributed by atoms with Gasteiger partial charge in [0.05, 0.1) is 0 Å². The summed E-state index contributed by atoms with van der Waals surface area (Å²) < 4.78 is 49.2. The Morgan fingerprint density at radius 1 is 1.19 bits per heavy atom. The van der Waals surface area contributed by atoms with E-state index in [4.69, 9.17) is 9.47 Å². The number of alkyl halides is 3. The van der Waals surface area contributed by atoms with Crippen LogP contribution in [0.5, 0.6) is 5.88 Å². The molecule has 0 aromatic carbocycles. The standard InChI is InChI=1S/C19H25F3N2O3/c1-17(2,3)27-16(25)24-9-7-18(8-10-24)11-13(12-18)26-15-6-4-5-14(23-15)19(20,21)22/h4-6,13H,7-12H2,1-3H3. The third-order valence-corrected chi connectivity index (χ3v) is 5.10. The summed E-state index contributed by atoms with van der Waals surface area (Å²) in [5.74, 6) is 0.0101. The zero-order valence-electron chi connectivity index (χ0n) is 15.8. The number of piperidine rings is 1.